The summed E-state index contributed by atoms with van der Waals surface area (Å²) in [6.45, 7) is 0. The molecular formula is C17H19BrN2O3S. The third-order valence-corrected chi connectivity index (χ3v) is 5.46. The summed E-state index contributed by atoms with van der Waals surface area (Å²) in [5.41, 5.74) is 2.74. The highest BCUT2D eigenvalue weighted by atomic mass is 79.9. The van der Waals surface area contributed by atoms with Crippen LogP contribution in [0.4, 0.5) is 0 Å². The molecule has 5 nitrogen and oxygen atoms in total. The van der Waals surface area contributed by atoms with Crippen LogP contribution >= 0.6 is 28.1 Å². The van der Waals surface area contributed by atoms with Crippen LogP contribution in [0.5, 0.6) is 11.5 Å². The molecule has 1 aromatic rings. The molecule has 0 radical (unpaired) electrons. The van der Waals surface area contributed by atoms with Gasteiger partial charge in [-0.25, -0.2) is 0 Å². The number of nitrogens with one attached hydrogen (secondary N) is 1. The zero-order valence-electron chi connectivity index (χ0n) is 13.8. The number of nitrogens with zero attached hydrogens (tertiary/aromatic N) is 1. The largest absolute Gasteiger partial charge is 0.493 e. The Kier molecular flexibility index (Phi) is 4.83. The highest BCUT2D eigenvalue weighted by Crippen LogP contribution is 2.42. The van der Waals surface area contributed by atoms with Crippen LogP contribution in [0.25, 0.3) is 0 Å². The Hall–Kier alpha value is -1.60. The highest BCUT2D eigenvalue weighted by Gasteiger charge is 2.36. The first-order valence-electron chi connectivity index (χ1n) is 7.69. The standard InChI is InChI=1S/C17H19BrN2O3S/c1-20-11-5-4-6-12(21)14(11)15(19-17(20)24)9-7-10(18)16(23-3)13(8-9)22-2/h7-8,15H,4-6H2,1-3H3,(H,19,24). The number of halogens is 1. The van der Waals surface area contributed by atoms with Gasteiger partial charge in [0.2, 0.25) is 0 Å². The van der Waals surface area contributed by atoms with Gasteiger partial charge < -0.3 is 19.7 Å². The smallest absolute Gasteiger partial charge is 0.174 e. The van der Waals surface area contributed by atoms with E-state index in [-0.39, 0.29) is 11.8 Å². The second-order valence-electron chi connectivity index (χ2n) is 5.82. The third-order valence-electron chi connectivity index (χ3n) is 4.48. The van der Waals surface area contributed by atoms with Gasteiger partial charge in [-0.05, 0) is 58.7 Å². The molecule has 0 spiro atoms. The summed E-state index contributed by atoms with van der Waals surface area (Å²) in [6.07, 6.45) is 2.31. The Morgan fingerprint density at radius 3 is 2.71 bits per heavy atom. The molecule has 0 saturated heterocycles. The van der Waals surface area contributed by atoms with Gasteiger partial charge in [-0.1, -0.05) is 0 Å². The Labute approximate surface area is 155 Å². The second-order valence-corrected chi connectivity index (χ2v) is 7.06. The van der Waals surface area contributed by atoms with E-state index in [0.29, 0.717) is 23.0 Å². The lowest BCUT2D eigenvalue weighted by molar-refractivity contribution is -0.116. The van der Waals surface area contributed by atoms with Crippen LogP contribution < -0.4 is 14.8 Å². The molecule has 2 aliphatic rings. The van der Waals surface area contributed by atoms with Crippen LogP contribution in [-0.2, 0) is 4.79 Å². The number of Topliss-reactive ketones (excluding diaryl/α,β-unsaturated/α-hetero) is 1. The van der Waals surface area contributed by atoms with Crippen LogP contribution in [0.3, 0.4) is 0 Å². The zero-order chi connectivity index (χ0) is 17.4. The third kappa shape index (κ3) is 2.80. The van der Waals surface area contributed by atoms with Gasteiger partial charge in [0.1, 0.15) is 0 Å². The van der Waals surface area contributed by atoms with Crippen molar-refractivity contribution >= 4 is 39.0 Å². The number of ether oxygens (including phenoxy) is 2. The fourth-order valence-corrected chi connectivity index (χ4v) is 4.14. The van der Waals surface area contributed by atoms with Gasteiger partial charge in [0.15, 0.2) is 22.4 Å². The first-order valence-corrected chi connectivity index (χ1v) is 8.90. The van der Waals surface area contributed by atoms with Crippen LogP contribution in [0.1, 0.15) is 30.9 Å². The fourth-order valence-electron chi connectivity index (χ4n) is 3.29. The monoisotopic (exact) mass is 410 g/mol. The first kappa shape index (κ1) is 17.2. The molecule has 24 heavy (non-hydrogen) atoms. The second kappa shape index (κ2) is 6.72. The molecule has 7 heteroatoms. The van der Waals surface area contributed by atoms with Gasteiger partial charge in [0.05, 0.1) is 24.7 Å². The van der Waals surface area contributed by atoms with Crippen molar-refractivity contribution < 1.29 is 14.3 Å². The number of ketones is 1. The van der Waals surface area contributed by atoms with Crippen molar-refractivity contribution in [3.8, 4) is 11.5 Å². The van der Waals surface area contributed by atoms with Gasteiger partial charge >= 0.3 is 0 Å². The molecule has 1 heterocycles. The average Bonchev–Trinajstić information content (AvgIpc) is 2.57. The van der Waals surface area contributed by atoms with E-state index in [9.17, 15) is 4.79 Å². The summed E-state index contributed by atoms with van der Waals surface area (Å²) in [7, 11) is 5.10. The number of benzene rings is 1. The molecule has 128 valence electrons. The summed E-state index contributed by atoms with van der Waals surface area (Å²) in [6, 6.07) is 3.56. The zero-order valence-corrected chi connectivity index (χ0v) is 16.2. The highest BCUT2D eigenvalue weighted by molar-refractivity contribution is 9.10. The summed E-state index contributed by atoms with van der Waals surface area (Å²) >= 11 is 8.98. The maximum absolute atomic E-state index is 12.6. The number of hydrogen-bond donors (Lipinski definition) is 1. The number of thiocarbonyl (C=S) groups is 1. The maximum Gasteiger partial charge on any atom is 0.174 e. The molecule has 0 aromatic heterocycles. The van der Waals surface area contributed by atoms with E-state index < -0.39 is 0 Å². The van der Waals surface area contributed by atoms with Crippen molar-refractivity contribution in [2.45, 2.75) is 25.3 Å². The Bertz CT molecular complexity index is 748. The van der Waals surface area contributed by atoms with Crippen molar-refractivity contribution in [3.63, 3.8) is 0 Å². The van der Waals surface area contributed by atoms with Crippen LogP contribution in [0, 0.1) is 0 Å². The Balaban J connectivity index is 2.14. The molecule has 0 bridgehead atoms. The van der Waals surface area contributed by atoms with Crippen LogP contribution in [0.15, 0.2) is 27.9 Å². The number of carbonyl (C=O) groups is 1. The number of methoxy groups -OCH3 is 2. The lowest BCUT2D eigenvalue weighted by Gasteiger charge is -2.39. The molecule has 1 aromatic carbocycles. The minimum atomic E-state index is -0.271. The van der Waals surface area contributed by atoms with Crippen molar-refractivity contribution in [2.24, 2.45) is 0 Å². The number of rotatable bonds is 3. The molecule has 3 rings (SSSR count). The van der Waals surface area contributed by atoms with Gasteiger partial charge in [-0.3, -0.25) is 4.79 Å². The number of carbonyl (C=O) groups excluding carboxylic acids is 1. The van der Waals surface area contributed by atoms with E-state index >= 15 is 0 Å². The quantitative estimate of drug-likeness (QED) is 0.771. The van der Waals surface area contributed by atoms with E-state index in [1.54, 1.807) is 14.2 Å². The van der Waals surface area contributed by atoms with E-state index in [1.165, 1.54) is 0 Å². The van der Waals surface area contributed by atoms with Crippen molar-refractivity contribution in [2.75, 3.05) is 21.3 Å². The minimum Gasteiger partial charge on any atom is -0.493 e. The topological polar surface area (TPSA) is 50.8 Å². The van der Waals surface area contributed by atoms with Crippen molar-refractivity contribution in [1.29, 1.82) is 0 Å². The first-order chi connectivity index (χ1) is 11.5. The predicted molar refractivity (Wildman–Crippen MR) is 99.4 cm³/mol. The van der Waals surface area contributed by atoms with E-state index in [0.717, 1.165) is 34.1 Å². The van der Waals surface area contributed by atoms with Crippen LogP contribution in [-0.4, -0.2) is 37.1 Å². The lowest BCUT2D eigenvalue weighted by atomic mass is 9.85. The number of allylic oxidation sites excluding steroid dienone is 1. The average molecular weight is 411 g/mol. The molecular weight excluding hydrogens is 392 g/mol. The Morgan fingerprint density at radius 2 is 2.04 bits per heavy atom. The molecule has 1 N–H and O–H groups in total. The van der Waals surface area contributed by atoms with Crippen molar-refractivity contribution in [3.05, 3.63) is 33.4 Å². The molecule has 1 atom stereocenters. The summed E-state index contributed by atoms with van der Waals surface area (Å²) in [5.74, 6) is 1.41. The SMILES string of the molecule is COc1cc(C2NC(=S)N(C)C3=C2C(=O)CCC3)cc(Br)c1OC. The molecule has 1 aliphatic carbocycles. The molecule has 0 saturated carbocycles. The maximum atomic E-state index is 12.6. The van der Waals surface area contributed by atoms with E-state index in [4.69, 9.17) is 21.7 Å². The predicted octanol–water partition coefficient (Wildman–Crippen LogP) is 3.33. The Morgan fingerprint density at radius 1 is 1.29 bits per heavy atom. The van der Waals surface area contributed by atoms with E-state index in [1.807, 2.05) is 24.1 Å². The summed E-state index contributed by atoms with van der Waals surface area (Å²) in [4.78, 5) is 14.5. The normalized spacial score (nSPS) is 20.7. The molecule has 1 aliphatic heterocycles. The molecule has 1 unspecified atom stereocenters. The molecule has 0 fully saturated rings. The fraction of sp³-hybridized carbons (Fsp3) is 0.412. The summed E-state index contributed by atoms with van der Waals surface area (Å²) < 4.78 is 11.6. The lowest BCUT2D eigenvalue weighted by Crippen LogP contribution is -2.47. The summed E-state index contributed by atoms with van der Waals surface area (Å²) in [5, 5.41) is 3.91. The van der Waals surface area contributed by atoms with Crippen molar-refractivity contribution in [1.82, 2.24) is 10.2 Å². The number of hydrogen-bond acceptors (Lipinski definition) is 4. The van der Waals surface area contributed by atoms with Crippen LogP contribution in [0.2, 0.25) is 0 Å². The van der Waals surface area contributed by atoms with E-state index in [2.05, 4.69) is 21.2 Å². The van der Waals surface area contributed by atoms with Gasteiger partial charge in [0.25, 0.3) is 0 Å². The van der Waals surface area contributed by atoms with Gasteiger partial charge in [-0.2, -0.15) is 0 Å². The van der Waals surface area contributed by atoms with Gasteiger partial charge in [0, 0.05) is 24.7 Å². The molecule has 0 amide bonds. The minimum absolute atomic E-state index is 0.175. The van der Waals surface area contributed by atoms with Gasteiger partial charge in [-0.15, -0.1) is 0 Å².